The molecule has 3 aromatic rings. The summed E-state index contributed by atoms with van der Waals surface area (Å²) in [5.41, 5.74) is 1.82. The second-order valence-electron chi connectivity index (χ2n) is 4.31. The molecule has 0 atom stereocenters. The molecule has 0 unspecified atom stereocenters. The summed E-state index contributed by atoms with van der Waals surface area (Å²) < 4.78 is 7.31. The van der Waals surface area contributed by atoms with Gasteiger partial charge in [-0.1, -0.05) is 24.3 Å². The molecule has 1 N–H and O–H groups in total. The predicted octanol–water partition coefficient (Wildman–Crippen LogP) is 2.64. The molecule has 0 fully saturated rings. The second-order valence-corrected chi connectivity index (χ2v) is 4.31. The van der Waals surface area contributed by atoms with Gasteiger partial charge >= 0.3 is 0 Å². The van der Waals surface area contributed by atoms with Crippen molar-refractivity contribution >= 4 is 5.52 Å². The number of rotatable bonds is 3. The van der Waals surface area contributed by atoms with Crippen LogP contribution in [-0.2, 0) is 6.42 Å². The molecular formula is C15H14N2O2. The van der Waals surface area contributed by atoms with Gasteiger partial charge in [0.05, 0.1) is 18.8 Å². The molecular weight excluding hydrogens is 240 g/mol. The van der Waals surface area contributed by atoms with Gasteiger partial charge in [-0.05, 0) is 18.2 Å². The Balaban J connectivity index is 2.09. The Labute approximate surface area is 110 Å². The molecule has 0 radical (unpaired) electrons. The third kappa shape index (κ3) is 2.01. The van der Waals surface area contributed by atoms with Crippen molar-refractivity contribution in [1.29, 1.82) is 0 Å². The largest absolute Gasteiger partial charge is 0.508 e. The number of imidazole rings is 1. The number of aromatic hydroxyl groups is 1. The summed E-state index contributed by atoms with van der Waals surface area (Å²) in [6, 6.07) is 13.1. The standard InChI is InChI=1S/C15H14N2O2/c1-19-15-8-4-6-12-10-16-14(17(12)15)9-11-5-2-3-7-13(11)18/h2-8,10,18H,9H2,1H3. The van der Waals surface area contributed by atoms with Gasteiger partial charge < -0.3 is 9.84 Å². The first kappa shape index (κ1) is 11.6. The Morgan fingerprint density at radius 3 is 2.79 bits per heavy atom. The Hall–Kier alpha value is -2.49. The van der Waals surface area contributed by atoms with Crippen LogP contribution < -0.4 is 4.74 Å². The van der Waals surface area contributed by atoms with Crippen LogP contribution in [0.2, 0.25) is 0 Å². The minimum atomic E-state index is 0.286. The number of nitrogens with zero attached hydrogens (tertiary/aromatic N) is 2. The van der Waals surface area contributed by atoms with Crippen molar-refractivity contribution in [3.05, 3.63) is 60.0 Å². The number of fused-ring (bicyclic) bond motifs is 1. The molecule has 1 aromatic carbocycles. The summed E-state index contributed by atoms with van der Waals surface area (Å²) in [6.45, 7) is 0. The fourth-order valence-electron chi connectivity index (χ4n) is 2.20. The molecule has 0 bridgehead atoms. The third-order valence-corrected chi connectivity index (χ3v) is 3.14. The highest BCUT2D eigenvalue weighted by molar-refractivity contribution is 5.50. The van der Waals surface area contributed by atoms with E-state index in [1.54, 1.807) is 19.4 Å². The van der Waals surface area contributed by atoms with Gasteiger partial charge in [0, 0.05) is 12.0 Å². The molecule has 2 heterocycles. The van der Waals surface area contributed by atoms with Crippen molar-refractivity contribution in [2.24, 2.45) is 0 Å². The van der Waals surface area contributed by atoms with Crippen molar-refractivity contribution < 1.29 is 9.84 Å². The number of ether oxygens (including phenoxy) is 1. The van der Waals surface area contributed by atoms with Crippen molar-refractivity contribution in [2.45, 2.75) is 6.42 Å². The number of aromatic nitrogens is 2. The fraction of sp³-hybridized carbons (Fsp3) is 0.133. The maximum Gasteiger partial charge on any atom is 0.199 e. The first-order chi connectivity index (χ1) is 9.29. The van der Waals surface area contributed by atoms with Crippen molar-refractivity contribution in [3.8, 4) is 11.6 Å². The van der Waals surface area contributed by atoms with Crippen LogP contribution >= 0.6 is 0 Å². The average Bonchev–Trinajstić information content (AvgIpc) is 2.85. The van der Waals surface area contributed by atoms with E-state index in [9.17, 15) is 5.11 Å². The maximum absolute atomic E-state index is 9.84. The lowest BCUT2D eigenvalue weighted by Crippen LogP contribution is -2.00. The summed E-state index contributed by atoms with van der Waals surface area (Å²) >= 11 is 0. The summed E-state index contributed by atoms with van der Waals surface area (Å²) in [5, 5.41) is 9.84. The van der Waals surface area contributed by atoms with Crippen LogP contribution in [0.4, 0.5) is 0 Å². The topological polar surface area (TPSA) is 46.8 Å². The number of hydrogen-bond acceptors (Lipinski definition) is 3. The molecule has 0 saturated carbocycles. The normalized spacial score (nSPS) is 10.8. The van der Waals surface area contributed by atoms with Crippen molar-refractivity contribution in [2.75, 3.05) is 7.11 Å². The van der Waals surface area contributed by atoms with E-state index in [1.807, 2.05) is 40.8 Å². The lowest BCUT2D eigenvalue weighted by Gasteiger charge is -2.08. The number of pyridine rings is 1. The number of hydrogen-bond donors (Lipinski definition) is 1. The minimum absolute atomic E-state index is 0.286. The van der Waals surface area contributed by atoms with E-state index in [4.69, 9.17) is 4.74 Å². The fourth-order valence-corrected chi connectivity index (χ4v) is 2.20. The predicted molar refractivity (Wildman–Crippen MR) is 72.7 cm³/mol. The van der Waals surface area contributed by atoms with Gasteiger partial charge in [-0.15, -0.1) is 0 Å². The van der Waals surface area contributed by atoms with Crippen LogP contribution in [-0.4, -0.2) is 21.6 Å². The highest BCUT2D eigenvalue weighted by Crippen LogP contribution is 2.22. The molecule has 0 spiro atoms. The average molecular weight is 254 g/mol. The third-order valence-electron chi connectivity index (χ3n) is 3.14. The zero-order chi connectivity index (χ0) is 13.2. The van der Waals surface area contributed by atoms with Crippen LogP contribution in [0.1, 0.15) is 11.4 Å². The van der Waals surface area contributed by atoms with Crippen LogP contribution in [0.15, 0.2) is 48.7 Å². The quantitative estimate of drug-likeness (QED) is 0.781. The molecule has 19 heavy (non-hydrogen) atoms. The zero-order valence-electron chi connectivity index (χ0n) is 10.6. The van der Waals surface area contributed by atoms with Gasteiger partial charge in [0.1, 0.15) is 11.6 Å². The first-order valence-electron chi connectivity index (χ1n) is 6.06. The summed E-state index contributed by atoms with van der Waals surface area (Å²) in [6.07, 6.45) is 2.36. The zero-order valence-corrected chi connectivity index (χ0v) is 10.6. The molecule has 0 aliphatic heterocycles. The number of para-hydroxylation sites is 1. The number of benzene rings is 1. The van der Waals surface area contributed by atoms with Crippen LogP contribution in [0.25, 0.3) is 5.52 Å². The highest BCUT2D eigenvalue weighted by Gasteiger charge is 2.10. The Morgan fingerprint density at radius 1 is 1.16 bits per heavy atom. The van der Waals surface area contributed by atoms with E-state index >= 15 is 0 Å². The summed E-state index contributed by atoms with van der Waals surface area (Å²) in [5.74, 6) is 1.86. The van der Waals surface area contributed by atoms with Crippen molar-refractivity contribution in [1.82, 2.24) is 9.38 Å². The van der Waals surface area contributed by atoms with Gasteiger partial charge in [-0.25, -0.2) is 4.98 Å². The summed E-state index contributed by atoms with van der Waals surface area (Å²) in [7, 11) is 1.64. The second kappa shape index (κ2) is 4.65. The summed E-state index contributed by atoms with van der Waals surface area (Å²) in [4.78, 5) is 4.41. The van der Waals surface area contributed by atoms with Gasteiger partial charge in [0.2, 0.25) is 0 Å². The molecule has 4 heteroatoms. The van der Waals surface area contributed by atoms with Crippen molar-refractivity contribution in [3.63, 3.8) is 0 Å². The van der Waals surface area contributed by atoms with Crippen LogP contribution in [0.3, 0.4) is 0 Å². The monoisotopic (exact) mass is 254 g/mol. The molecule has 0 aliphatic carbocycles. The van der Waals surface area contributed by atoms with Gasteiger partial charge in [-0.3, -0.25) is 4.40 Å². The molecule has 2 aromatic heterocycles. The molecule has 4 nitrogen and oxygen atoms in total. The molecule has 96 valence electrons. The minimum Gasteiger partial charge on any atom is -0.508 e. The smallest absolute Gasteiger partial charge is 0.199 e. The maximum atomic E-state index is 9.84. The Bertz CT molecular complexity index is 719. The van der Waals surface area contributed by atoms with Crippen LogP contribution in [0.5, 0.6) is 11.6 Å². The van der Waals surface area contributed by atoms with Gasteiger partial charge in [0.15, 0.2) is 5.88 Å². The molecule has 0 saturated heterocycles. The number of phenols is 1. The van der Waals surface area contributed by atoms with Gasteiger partial charge in [-0.2, -0.15) is 0 Å². The van der Waals surface area contributed by atoms with Gasteiger partial charge in [0.25, 0.3) is 0 Å². The van der Waals surface area contributed by atoms with E-state index in [0.717, 1.165) is 22.8 Å². The Morgan fingerprint density at radius 2 is 2.00 bits per heavy atom. The van der Waals surface area contributed by atoms with E-state index < -0.39 is 0 Å². The number of methoxy groups -OCH3 is 1. The molecule has 0 aliphatic rings. The first-order valence-corrected chi connectivity index (χ1v) is 6.06. The Kier molecular flexibility index (Phi) is 2.83. The van der Waals surface area contributed by atoms with E-state index in [-0.39, 0.29) is 5.75 Å². The molecule has 0 amide bonds. The van der Waals surface area contributed by atoms with E-state index in [0.29, 0.717) is 6.42 Å². The number of phenolic OH excluding ortho intramolecular Hbond substituents is 1. The highest BCUT2D eigenvalue weighted by atomic mass is 16.5. The van der Waals surface area contributed by atoms with Crippen LogP contribution in [0, 0.1) is 0 Å². The lowest BCUT2D eigenvalue weighted by atomic mass is 10.1. The lowest BCUT2D eigenvalue weighted by molar-refractivity contribution is 0.390. The molecule has 3 rings (SSSR count). The SMILES string of the molecule is COc1cccc2cnc(Cc3ccccc3O)n12. The van der Waals surface area contributed by atoms with E-state index in [2.05, 4.69) is 4.98 Å². The van der Waals surface area contributed by atoms with E-state index in [1.165, 1.54) is 0 Å².